The Labute approximate surface area is 128 Å². The molecule has 2 aromatic rings. The Hall–Kier alpha value is -0.990. The summed E-state index contributed by atoms with van der Waals surface area (Å²) in [5, 5.41) is 0. The normalized spacial score (nSPS) is 10.5. The van der Waals surface area contributed by atoms with Gasteiger partial charge in [-0.1, -0.05) is 46.3 Å². The first-order valence-corrected chi connectivity index (χ1v) is 7.70. The summed E-state index contributed by atoms with van der Waals surface area (Å²) in [5.74, 6) is 0.528. The number of halogens is 2. The van der Waals surface area contributed by atoms with Gasteiger partial charge in [0, 0.05) is 29.1 Å². The van der Waals surface area contributed by atoms with Crippen LogP contribution in [0.4, 0.5) is 5.69 Å². The SMILES string of the molecule is CCN(Cc1ccccc1)c1ccc(Br)cc1CCl. The van der Waals surface area contributed by atoms with Crippen molar-refractivity contribution in [2.24, 2.45) is 0 Å². The first-order valence-electron chi connectivity index (χ1n) is 6.38. The molecule has 0 spiro atoms. The molecule has 1 nitrogen and oxygen atoms in total. The van der Waals surface area contributed by atoms with Crippen LogP contribution in [0.15, 0.2) is 53.0 Å². The van der Waals surface area contributed by atoms with E-state index in [0.29, 0.717) is 5.88 Å². The number of rotatable bonds is 5. The second-order valence-corrected chi connectivity index (χ2v) is 5.59. The third-order valence-electron chi connectivity index (χ3n) is 3.12. The van der Waals surface area contributed by atoms with Gasteiger partial charge in [-0.25, -0.2) is 0 Å². The molecule has 0 saturated heterocycles. The van der Waals surface area contributed by atoms with Gasteiger partial charge in [-0.2, -0.15) is 0 Å². The summed E-state index contributed by atoms with van der Waals surface area (Å²) in [6, 6.07) is 16.8. The van der Waals surface area contributed by atoms with Gasteiger partial charge in [0.1, 0.15) is 0 Å². The monoisotopic (exact) mass is 337 g/mol. The van der Waals surface area contributed by atoms with Gasteiger partial charge in [0.05, 0.1) is 0 Å². The van der Waals surface area contributed by atoms with E-state index in [1.54, 1.807) is 0 Å². The molecule has 0 atom stereocenters. The Morgan fingerprint density at radius 2 is 1.84 bits per heavy atom. The van der Waals surface area contributed by atoms with E-state index in [1.165, 1.54) is 11.3 Å². The maximum Gasteiger partial charge on any atom is 0.0494 e. The average Bonchev–Trinajstić information content (AvgIpc) is 2.46. The molecule has 3 heteroatoms. The molecule has 100 valence electrons. The van der Waals surface area contributed by atoms with Crippen molar-refractivity contribution in [2.45, 2.75) is 19.3 Å². The largest absolute Gasteiger partial charge is 0.367 e. The molecule has 0 amide bonds. The number of anilines is 1. The molecule has 0 bridgehead atoms. The Morgan fingerprint density at radius 3 is 2.47 bits per heavy atom. The van der Waals surface area contributed by atoms with Gasteiger partial charge in [0.25, 0.3) is 0 Å². The maximum absolute atomic E-state index is 6.06. The summed E-state index contributed by atoms with van der Waals surface area (Å²) < 4.78 is 1.07. The number of benzene rings is 2. The average molecular weight is 339 g/mol. The van der Waals surface area contributed by atoms with E-state index < -0.39 is 0 Å². The lowest BCUT2D eigenvalue weighted by molar-refractivity contribution is 0.827. The summed E-state index contributed by atoms with van der Waals surface area (Å²) in [6.45, 7) is 4.03. The van der Waals surface area contributed by atoms with E-state index >= 15 is 0 Å². The fourth-order valence-electron chi connectivity index (χ4n) is 2.14. The van der Waals surface area contributed by atoms with Crippen molar-refractivity contribution < 1.29 is 0 Å². The highest BCUT2D eigenvalue weighted by molar-refractivity contribution is 9.10. The Bertz CT molecular complexity index is 528. The lowest BCUT2D eigenvalue weighted by Crippen LogP contribution is -2.23. The van der Waals surface area contributed by atoms with Gasteiger partial charge >= 0.3 is 0 Å². The van der Waals surface area contributed by atoms with Crippen LogP contribution in [0.2, 0.25) is 0 Å². The molecule has 0 radical (unpaired) electrons. The van der Waals surface area contributed by atoms with Gasteiger partial charge in [-0.05, 0) is 36.2 Å². The lowest BCUT2D eigenvalue weighted by Gasteiger charge is -2.25. The molecule has 0 saturated carbocycles. The molecule has 0 N–H and O–H groups in total. The zero-order valence-electron chi connectivity index (χ0n) is 10.9. The fraction of sp³-hybridized carbons (Fsp3) is 0.250. The number of hydrogen-bond donors (Lipinski definition) is 0. The van der Waals surface area contributed by atoms with Crippen LogP contribution >= 0.6 is 27.5 Å². The topological polar surface area (TPSA) is 3.24 Å². The third-order valence-corrected chi connectivity index (χ3v) is 3.91. The van der Waals surface area contributed by atoms with Gasteiger partial charge in [0.15, 0.2) is 0 Å². The van der Waals surface area contributed by atoms with Crippen LogP contribution in [0.1, 0.15) is 18.1 Å². The van der Waals surface area contributed by atoms with Crippen LogP contribution in [0, 0.1) is 0 Å². The Morgan fingerprint density at radius 1 is 1.11 bits per heavy atom. The first kappa shape index (κ1) is 14.4. The molecular weight excluding hydrogens is 322 g/mol. The number of alkyl halides is 1. The first-order chi connectivity index (χ1) is 9.24. The molecule has 0 fully saturated rings. The number of nitrogens with zero attached hydrogens (tertiary/aromatic N) is 1. The smallest absolute Gasteiger partial charge is 0.0494 e. The molecule has 0 unspecified atom stereocenters. The summed E-state index contributed by atoms with van der Waals surface area (Å²) in [5.41, 5.74) is 3.69. The minimum Gasteiger partial charge on any atom is -0.367 e. The Balaban J connectivity index is 2.27. The molecule has 0 aliphatic carbocycles. The zero-order chi connectivity index (χ0) is 13.7. The lowest BCUT2D eigenvalue weighted by atomic mass is 10.1. The van der Waals surface area contributed by atoms with E-state index in [2.05, 4.69) is 70.2 Å². The summed E-state index contributed by atoms with van der Waals surface area (Å²) in [4.78, 5) is 2.35. The van der Waals surface area contributed by atoms with Crippen LogP contribution in [-0.4, -0.2) is 6.54 Å². The fourth-order valence-corrected chi connectivity index (χ4v) is 2.76. The summed E-state index contributed by atoms with van der Waals surface area (Å²) in [7, 11) is 0. The zero-order valence-corrected chi connectivity index (χ0v) is 13.3. The van der Waals surface area contributed by atoms with Crippen LogP contribution in [0.25, 0.3) is 0 Å². The second-order valence-electron chi connectivity index (χ2n) is 4.41. The summed E-state index contributed by atoms with van der Waals surface area (Å²) in [6.07, 6.45) is 0. The van der Waals surface area contributed by atoms with Gasteiger partial charge in [0.2, 0.25) is 0 Å². The minimum absolute atomic E-state index is 0.528. The Kier molecular flexibility index (Phi) is 5.29. The molecule has 0 heterocycles. The molecular formula is C16H17BrClN. The van der Waals surface area contributed by atoms with Crippen LogP contribution in [0.3, 0.4) is 0 Å². The summed E-state index contributed by atoms with van der Waals surface area (Å²) >= 11 is 9.56. The predicted octanol–water partition coefficient (Wildman–Crippen LogP) is 5.21. The van der Waals surface area contributed by atoms with Crippen LogP contribution < -0.4 is 4.90 Å². The van der Waals surface area contributed by atoms with Crippen LogP contribution in [-0.2, 0) is 12.4 Å². The minimum atomic E-state index is 0.528. The van der Waals surface area contributed by atoms with Crippen molar-refractivity contribution in [1.29, 1.82) is 0 Å². The van der Waals surface area contributed by atoms with Crippen molar-refractivity contribution in [3.63, 3.8) is 0 Å². The van der Waals surface area contributed by atoms with Gasteiger partial charge in [-0.15, -0.1) is 11.6 Å². The second kappa shape index (κ2) is 6.97. The van der Waals surface area contributed by atoms with E-state index in [-0.39, 0.29) is 0 Å². The molecule has 0 aliphatic rings. The molecule has 19 heavy (non-hydrogen) atoms. The van der Waals surface area contributed by atoms with Gasteiger partial charge < -0.3 is 4.90 Å². The standard InChI is InChI=1S/C16H17BrClN/c1-2-19(12-13-6-4-3-5-7-13)16-9-8-15(17)10-14(16)11-18/h3-10H,2,11-12H2,1H3. The molecule has 0 aromatic heterocycles. The van der Waals surface area contributed by atoms with E-state index in [0.717, 1.165) is 23.1 Å². The van der Waals surface area contributed by atoms with E-state index in [1.807, 2.05) is 6.07 Å². The molecule has 2 aromatic carbocycles. The van der Waals surface area contributed by atoms with E-state index in [9.17, 15) is 0 Å². The maximum atomic E-state index is 6.06. The predicted molar refractivity (Wildman–Crippen MR) is 86.9 cm³/mol. The van der Waals surface area contributed by atoms with Crippen LogP contribution in [0.5, 0.6) is 0 Å². The third kappa shape index (κ3) is 3.74. The van der Waals surface area contributed by atoms with Crippen molar-refractivity contribution in [3.8, 4) is 0 Å². The highest BCUT2D eigenvalue weighted by atomic mass is 79.9. The van der Waals surface area contributed by atoms with Gasteiger partial charge in [-0.3, -0.25) is 0 Å². The highest BCUT2D eigenvalue weighted by Crippen LogP contribution is 2.27. The molecule has 0 aliphatic heterocycles. The van der Waals surface area contributed by atoms with Crippen molar-refractivity contribution in [3.05, 3.63) is 64.1 Å². The van der Waals surface area contributed by atoms with Crippen molar-refractivity contribution >= 4 is 33.2 Å². The van der Waals surface area contributed by atoms with E-state index in [4.69, 9.17) is 11.6 Å². The molecule has 2 rings (SSSR count). The number of hydrogen-bond acceptors (Lipinski definition) is 1. The highest BCUT2D eigenvalue weighted by Gasteiger charge is 2.10. The van der Waals surface area contributed by atoms with Crippen molar-refractivity contribution in [2.75, 3.05) is 11.4 Å². The van der Waals surface area contributed by atoms with Crippen molar-refractivity contribution in [1.82, 2.24) is 0 Å². The quantitative estimate of drug-likeness (QED) is 0.676.